The Balaban J connectivity index is 2.12. The Bertz CT molecular complexity index is 544. The monoisotopic (exact) mass is 366 g/mol. The Morgan fingerprint density at radius 3 is 2.60 bits per heavy atom. The van der Waals surface area contributed by atoms with Crippen LogP contribution in [0.5, 0.6) is 0 Å². The molecule has 0 bridgehead atoms. The molecule has 0 aliphatic carbocycles. The van der Waals surface area contributed by atoms with E-state index in [0.717, 1.165) is 62.5 Å². The van der Waals surface area contributed by atoms with E-state index in [4.69, 9.17) is 16.3 Å². The van der Waals surface area contributed by atoms with Crippen molar-refractivity contribution in [1.29, 1.82) is 0 Å². The van der Waals surface area contributed by atoms with Crippen molar-refractivity contribution >= 4 is 17.6 Å². The first-order valence-electron chi connectivity index (χ1n) is 9.20. The van der Waals surface area contributed by atoms with Crippen LogP contribution in [-0.2, 0) is 4.74 Å². The molecule has 25 heavy (non-hydrogen) atoms. The number of guanidine groups is 1. The molecule has 1 unspecified atom stereocenters. The molecule has 0 amide bonds. The van der Waals surface area contributed by atoms with Gasteiger partial charge in [-0.3, -0.25) is 9.89 Å². The van der Waals surface area contributed by atoms with Crippen LogP contribution in [0, 0.1) is 5.92 Å². The number of rotatable bonds is 7. The van der Waals surface area contributed by atoms with E-state index >= 15 is 0 Å². The summed E-state index contributed by atoms with van der Waals surface area (Å²) in [6.45, 7) is 12.2. The van der Waals surface area contributed by atoms with Gasteiger partial charge in [0.05, 0.1) is 19.3 Å². The Morgan fingerprint density at radius 2 is 1.96 bits per heavy atom. The van der Waals surface area contributed by atoms with E-state index in [1.54, 1.807) is 0 Å². The average molecular weight is 367 g/mol. The van der Waals surface area contributed by atoms with E-state index in [2.05, 4.69) is 47.4 Å². The van der Waals surface area contributed by atoms with Crippen LogP contribution in [-0.4, -0.2) is 56.8 Å². The first-order chi connectivity index (χ1) is 12.1. The first-order valence-corrected chi connectivity index (χ1v) is 9.58. The van der Waals surface area contributed by atoms with Gasteiger partial charge < -0.3 is 15.4 Å². The second-order valence-corrected chi connectivity index (χ2v) is 7.09. The second-order valence-electron chi connectivity index (χ2n) is 6.68. The van der Waals surface area contributed by atoms with Crippen LogP contribution in [0.15, 0.2) is 29.3 Å². The van der Waals surface area contributed by atoms with Gasteiger partial charge in [-0.15, -0.1) is 0 Å². The number of ether oxygens (including phenoxy) is 1. The molecule has 0 radical (unpaired) electrons. The van der Waals surface area contributed by atoms with Crippen LogP contribution in [0.4, 0.5) is 0 Å². The summed E-state index contributed by atoms with van der Waals surface area (Å²) in [6, 6.07) is 8.29. The van der Waals surface area contributed by atoms with E-state index in [-0.39, 0.29) is 6.04 Å². The average Bonchev–Trinajstić information content (AvgIpc) is 2.62. The molecular formula is C19H31ClN4O. The van der Waals surface area contributed by atoms with Crippen LogP contribution in [0.1, 0.15) is 32.4 Å². The third-order valence-electron chi connectivity index (χ3n) is 4.17. The molecule has 1 fully saturated rings. The van der Waals surface area contributed by atoms with Crippen LogP contribution < -0.4 is 10.6 Å². The lowest BCUT2D eigenvalue weighted by molar-refractivity contribution is 0.0170. The van der Waals surface area contributed by atoms with Crippen LogP contribution >= 0.6 is 11.6 Å². The molecule has 140 valence electrons. The number of halogens is 1. The minimum Gasteiger partial charge on any atom is -0.379 e. The van der Waals surface area contributed by atoms with Crippen molar-refractivity contribution in [1.82, 2.24) is 15.5 Å². The van der Waals surface area contributed by atoms with Crippen molar-refractivity contribution in [3.8, 4) is 0 Å². The van der Waals surface area contributed by atoms with Gasteiger partial charge in [0, 0.05) is 37.7 Å². The minimum absolute atomic E-state index is 0.195. The molecule has 0 saturated carbocycles. The molecule has 2 rings (SSSR count). The summed E-state index contributed by atoms with van der Waals surface area (Å²) in [7, 11) is 0. The van der Waals surface area contributed by atoms with Crippen molar-refractivity contribution in [3.63, 3.8) is 0 Å². The molecule has 0 spiro atoms. The summed E-state index contributed by atoms with van der Waals surface area (Å²) in [5.41, 5.74) is 1.15. The van der Waals surface area contributed by atoms with Gasteiger partial charge in [0.2, 0.25) is 0 Å². The maximum absolute atomic E-state index is 6.49. The van der Waals surface area contributed by atoms with Crippen molar-refractivity contribution in [2.45, 2.75) is 26.8 Å². The normalized spacial score (nSPS) is 17.6. The molecule has 1 atom stereocenters. The summed E-state index contributed by atoms with van der Waals surface area (Å²) in [6.07, 6.45) is 0. The highest BCUT2D eigenvalue weighted by Gasteiger charge is 2.24. The summed E-state index contributed by atoms with van der Waals surface area (Å²) in [5.74, 6) is 1.40. The Kier molecular flexibility index (Phi) is 8.52. The molecule has 5 nitrogen and oxygen atoms in total. The Hall–Kier alpha value is -1.30. The van der Waals surface area contributed by atoms with Gasteiger partial charge in [0.1, 0.15) is 0 Å². The largest absolute Gasteiger partial charge is 0.379 e. The van der Waals surface area contributed by atoms with Gasteiger partial charge in [0.25, 0.3) is 0 Å². The van der Waals surface area contributed by atoms with Gasteiger partial charge in [-0.1, -0.05) is 43.6 Å². The molecule has 1 aromatic rings. The molecule has 6 heteroatoms. The lowest BCUT2D eigenvalue weighted by atomic mass is 10.0. The van der Waals surface area contributed by atoms with E-state index in [1.807, 2.05) is 18.2 Å². The quantitative estimate of drug-likeness (QED) is 0.575. The van der Waals surface area contributed by atoms with Crippen LogP contribution in [0.3, 0.4) is 0 Å². The Morgan fingerprint density at radius 1 is 1.24 bits per heavy atom. The van der Waals surface area contributed by atoms with Gasteiger partial charge in [0.15, 0.2) is 5.96 Å². The third kappa shape index (κ3) is 6.49. The second kappa shape index (κ2) is 10.6. The first kappa shape index (κ1) is 20.0. The van der Waals surface area contributed by atoms with Crippen molar-refractivity contribution in [3.05, 3.63) is 34.9 Å². The van der Waals surface area contributed by atoms with Gasteiger partial charge >= 0.3 is 0 Å². The SMILES string of the molecule is CCNC(=NCC(C)C)NCC(c1ccccc1Cl)N1CCOCC1. The number of aliphatic imine (C=N–C) groups is 1. The molecular weight excluding hydrogens is 336 g/mol. The number of morpholine rings is 1. The summed E-state index contributed by atoms with van der Waals surface area (Å²) < 4.78 is 5.51. The van der Waals surface area contributed by atoms with Gasteiger partial charge in [-0.25, -0.2) is 0 Å². The van der Waals surface area contributed by atoms with Crippen molar-refractivity contribution < 1.29 is 4.74 Å². The van der Waals surface area contributed by atoms with Crippen molar-refractivity contribution in [2.75, 3.05) is 45.9 Å². The summed E-state index contributed by atoms with van der Waals surface area (Å²) >= 11 is 6.49. The van der Waals surface area contributed by atoms with Crippen LogP contribution in [0.25, 0.3) is 0 Å². The number of nitrogens with one attached hydrogen (secondary N) is 2. The van der Waals surface area contributed by atoms with Gasteiger partial charge in [-0.05, 0) is 24.5 Å². The number of hydrogen-bond acceptors (Lipinski definition) is 3. The lowest BCUT2D eigenvalue weighted by Crippen LogP contribution is -2.46. The maximum atomic E-state index is 6.49. The molecule has 1 saturated heterocycles. The summed E-state index contributed by atoms with van der Waals surface area (Å²) in [4.78, 5) is 7.10. The zero-order chi connectivity index (χ0) is 18.1. The highest BCUT2D eigenvalue weighted by atomic mass is 35.5. The van der Waals surface area contributed by atoms with Crippen molar-refractivity contribution in [2.24, 2.45) is 10.9 Å². The van der Waals surface area contributed by atoms with E-state index < -0.39 is 0 Å². The zero-order valence-electron chi connectivity index (χ0n) is 15.6. The maximum Gasteiger partial charge on any atom is 0.191 e. The van der Waals surface area contributed by atoms with Crippen LogP contribution in [0.2, 0.25) is 5.02 Å². The molecule has 1 heterocycles. The topological polar surface area (TPSA) is 48.9 Å². The molecule has 1 aliphatic rings. The molecule has 0 aromatic heterocycles. The summed E-state index contributed by atoms with van der Waals surface area (Å²) in [5, 5.41) is 7.63. The predicted octanol–water partition coefficient (Wildman–Crippen LogP) is 2.92. The number of hydrogen-bond donors (Lipinski definition) is 2. The highest BCUT2D eigenvalue weighted by Crippen LogP contribution is 2.27. The molecule has 1 aromatic carbocycles. The smallest absolute Gasteiger partial charge is 0.191 e. The zero-order valence-corrected chi connectivity index (χ0v) is 16.4. The van der Waals surface area contributed by atoms with E-state index in [0.29, 0.717) is 5.92 Å². The molecule has 1 aliphatic heterocycles. The molecule has 2 N–H and O–H groups in total. The number of benzene rings is 1. The fraction of sp³-hybridized carbons (Fsp3) is 0.632. The van der Waals surface area contributed by atoms with Gasteiger partial charge in [-0.2, -0.15) is 0 Å². The highest BCUT2D eigenvalue weighted by molar-refractivity contribution is 6.31. The van der Waals surface area contributed by atoms with E-state index in [9.17, 15) is 0 Å². The fourth-order valence-electron chi connectivity index (χ4n) is 2.88. The third-order valence-corrected chi connectivity index (χ3v) is 4.52. The fourth-order valence-corrected chi connectivity index (χ4v) is 3.14. The standard InChI is InChI=1S/C19H31ClN4O/c1-4-21-19(22-13-15(2)3)23-14-18(24-9-11-25-12-10-24)16-7-5-6-8-17(16)20/h5-8,15,18H,4,9-14H2,1-3H3,(H2,21,22,23). The predicted molar refractivity (Wildman–Crippen MR) is 105 cm³/mol. The lowest BCUT2D eigenvalue weighted by Gasteiger charge is -2.35. The minimum atomic E-state index is 0.195. The van der Waals surface area contributed by atoms with E-state index in [1.165, 1.54) is 0 Å². The Labute approximate surface area is 156 Å². The number of nitrogens with zero attached hydrogens (tertiary/aromatic N) is 2.